The molecular formula is C15H26Cl3N3O. The third-order valence-electron chi connectivity index (χ3n) is 3.07. The molecule has 128 valence electrons. The van der Waals surface area contributed by atoms with Crippen LogP contribution in [0.2, 0.25) is 5.02 Å². The molecule has 7 heteroatoms. The summed E-state index contributed by atoms with van der Waals surface area (Å²) < 4.78 is 0. The quantitative estimate of drug-likeness (QED) is 0.677. The molecule has 4 nitrogen and oxygen atoms in total. The molecule has 1 amide bonds. The van der Waals surface area contributed by atoms with Gasteiger partial charge < -0.3 is 16.0 Å². The zero-order chi connectivity index (χ0) is 15.0. The number of para-hydroxylation sites is 1. The Bertz CT molecular complexity index is 442. The lowest BCUT2D eigenvalue weighted by Crippen LogP contribution is -2.16. The van der Waals surface area contributed by atoms with Gasteiger partial charge in [-0.15, -0.1) is 24.8 Å². The summed E-state index contributed by atoms with van der Waals surface area (Å²) in [6.45, 7) is 0.723. The molecule has 0 aliphatic heterocycles. The van der Waals surface area contributed by atoms with E-state index in [0.717, 1.165) is 43.6 Å². The van der Waals surface area contributed by atoms with E-state index in [9.17, 15) is 4.79 Å². The first-order valence-corrected chi connectivity index (χ1v) is 7.39. The predicted octanol–water partition coefficient (Wildman–Crippen LogP) is 4.10. The number of nitrogens with zero attached hydrogens (tertiary/aromatic N) is 1. The van der Waals surface area contributed by atoms with Gasteiger partial charge in [0, 0.05) is 20.5 Å². The number of unbranched alkanes of at least 4 members (excludes halogenated alkanes) is 3. The highest BCUT2D eigenvalue weighted by Gasteiger charge is 2.11. The van der Waals surface area contributed by atoms with Gasteiger partial charge in [-0.05, 0) is 31.5 Å². The number of nitrogens with one attached hydrogen (secondary N) is 1. The Morgan fingerprint density at radius 2 is 1.82 bits per heavy atom. The van der Waals surface area contributed by atoms with E-state index < -0.39 is 0 Å². The van der Waals surface area contributed by atoms with Gasteiger partial charge in [0.2, 0.25) is 5.91 Å². The van der Waals surface area contributed by atoms with Gasteiger partial charge in [0.25, 0.3) is 0 Å². The third kappa shape index (κ3) is 8.08. The second kappa shape index (κ2) is 12.8. The number of benzene rings is 1. The van der Waals surface area contributed by atoms with Gasteiger partial charge in [-0.1, -0.05) is 30.5 Å². The van der Waals surface area contributed by atoms with Crippen LogP contribution >= 0.6 is 36.4 Å². The molecule has 1 aromatic rings. The van der Waals surface area contributed by atoms with Crippen LogP contribution in [0, 0.1) is 0 Å². The van der Waals surface area contributed by atoms with Crippen LogP contribution in [-0.4, -0.2) is 26.5 Å². The molecule has 0 aliphatic rings. The summed E-state index contributed by atoms with van der Waals surface area (Å²) in [6, 6.07) is 5.53. The minimum absolute atomic E-state index is 0. The van der Waals surface area contributed by atoms with Gasteiger partial charge in [0.1, 0.15) is 0 Å². The maximum Gasteiger partial charge on any atom is 0.224 e. The lowest BCUT2D eigenvalue weighted by atomic mass is 10.1. The summed E-state index contributed by atoms with van der Waals surface area (Å²) in [5, 5.41) is 3.57. The van der Waals surface area contributed by atoms with Crippen molar-refractivity contribution in [3.05, 3.63) is 23.2 Å². The number of amides is 1. The van der Waals surface area contributed by atoms with Gasteiger partial charge in [-0.25, -0.2) is 0 Å². The average molecular weight is 371 g/mol. The summed E-state index contributed by atoms with van der Waals surface area (Å²) >= 11 is 6.16. The van der Waals surface area contributed by atoms with E-state index in [0.29, 0.717) is 11.4 Å². The molecule has 1 aromatic carbocycles. The smallest absolute Gasteiger partial charge is 0.224 e. The van der Waals surface area contributed by atoms with Crippen molar-refractivity contribution in [1.29, 1.82) is 0 Å². The van der Waals surface area contributed by atoms with Crippen LogP contribution in [0.15, 0.2) is 18.2 Å². The second-order valence-corrected chi connectivity index (χ2v) is 5.44. The largest absolute Gasteiger partial charge is 0.375 e. The Labute approximate surface area is 150 Å². The normalized spacial score (nSPS) is 9.45. The number of hydrogen-bond acceptors (Lipinski definition) is 3. The van der Waals surface area contributed by atoms with Crippen LogP contribution in [0.1, 0.15) is 32.1 Å². The first-order valence-electron chi connectivity index (χ1n) is 7.02. The molecule has 0 radical (unpaired) electrons. The van der Waals surface area contributed by atoms with Crippen molar-refractivity contribution >= 4 is 53.7 Å². The maximum atomic E-state index is 11.9. The van der Waals surface area contributed by atoms with Crippen LogP contribution in [0.4, 0.5) is 11.4 Å². The van der Waals surface area contributed by atoms with Gasteiger partial charge >= 0.3 is 0 Å². The zero-order valence-corrected chi connectivity index (χ0v) is 15.5. The van der Waals surface area contributed by atoms with E-state index in [4.69, 9.17) is 17.3 Å². The van der Waals surface area contributed by atoms with Gasteiger partial charge in [-0.2, -0.15) is 0 Å². The average Bonchev–Trinajstić information content (AvgIpc) is 2.38. The Morgan fingerprint density at radius 3 is 2.41 bits per heavy atom. The standard InChI is InChI=1S/C15H24ClN3O.2ClH/c1-19(2)15-12(16)8-7-9-13(15)18-14(20)10-5-3-4-6-11-17;;/h7-9H,3-6,10-11,17H2,1-2H3,(H,18,20);2*1H. The monoisotopic (exact) mass is 369 g/mol. The SMILES string of the molecule is CN(C)c1c(Cl)cccc1NC(=O)CCCCCCN.Cl.Cl. The van der Waals surface area contributed by atoms with Crippen LogP contribution in [-0.2, 0) is 4.79 Å². The van der Waals surface area contributed by atoms with Crippen molar-refractivity contribution in [3.63, 3.8) is 0 Å². The number of nitrogens with two attached hydrogens (primary N) is 1. The minimum Gasteiger partial charge on any atom is -0.375 e. The fraction of sp³-hybridized carbons (Fsp3) is 0.533. The highest BCUT2D eigenvalue weighted by atomic mass is 35.5. The molecule has 0 unspecified atom stereocenters. The molecule has 0 spiro atoms. The fourth-order valence-corrected chi connectivity index (χ4v) is 2.41. The molecule has 0 atom stereocenters. The van der Waals surface area contributed by atoms with Crippen molar-refractivity contribution < 1.29 is 4.79 Å². The van der Waals surface area contributed by atoms with Crippen molar-refractivity contribution in [1.82, 2.24) is 0 Å². The molecule has 0 aromatic heterocycles. The minimum atomic E-state index is 0. The Hall–Kier alpha value is -0.680. The van der Waals surface area contributed by atoms with Crippen LogP contribution in [0.3, 0.4) is 0 Å². The van der Waals surface area contributed by atoms with E-state index in [-0.39, 0.29) is 30.7 Å². The van der Waals surface area contributed by atoms with Crippen LogP contribution in [0.5, 0.6) is 0 Å². The summed E-state index contributed by atoms with van der Waals surface area (Å²) in [6.07, 6.45) is 4.58. The Kier molecular flexibility index (Phi) is 13.7. The molecule has 22 heavy (non-hydrogen) atoms. The van der Waals surface area contributed by atoms with Gasteiger partial charge in [-0.3, -0.25) is 4.79 Å². The molecule has 0 saturated carbocycles. The number of rotatable bonds is 8. The fourth-order valence-electron chi connectivity index (χ4n) is 2.07. The Balaban J connectivity index is 0. The van der Waals surface area contributed by atoms with Gasteiger partial charge in [0.05, 0.1) is 16.4 Å². The first-order chi connectivity index (χ1) is 9.56. The van der Waals surface area contributed by atoms with E-state index in [2.05, 4.69) is 5.32 Å². The van der Waals surface area contributed by atoms with E-state index in [1.807, 2.05) is 37.2 Å². The van der Waals surface area contributed by atoms with E-state index in [1.165, 1.54) is 0 Å². The molecule has 0 saturated heterocycles. The molecule has 0 aliphatic carbocycles. The van der Waals surface area contributed by atoms with Crippen LogP contribution in [0.25, 0.3) is 0 Å². The molecule has 1 rings (SSSR count). The van der Waals surface area contributed by atoms with Gasteiger partial charge in [0.15, 0.2) is 0 Å². The lowest BCUT2D eigenvalue weighted by Gasteiger charge is -2.19. The van der Waals surface area contributed by atoms with Crippen LogP contribution < -0.4 is 16.0 Å². The highest BCUT2D eigenvalue weighted by molar-refractivity contribution is 6.34. The molecule has 0 bridgehead atoms. The molecule has 3 N–H and O–H groups in total. The number of hydrogen-bond donors (Lipinski definition) is 2. The summed E-state index contributed by atoms with van der Waals surface area (Å²) in [4.78, 5) is 13.8. The summed E-state index contributed by atoms with van der Waals surface area (Å²) in [7, 11) is 3.81. The summed E-state index contributed by atoms with van der Waals surface area (Å²) in [5.41, 5.74) is 7.03. The zero-order valence-electron chi connectivity index (χ0n) is 13.1. The number of anilines is 2. The Morgan fingerprint density at radius 1 is 1.18 bits per heavy atom. The highest BCUT2D eigenvalue weighted by Crippen LogP contribution is 2.32. The van der Waals surface area contributed by atoms with Crippen molar-refractivity contribution in [2.45, 2.75) is 32.1 Å². The molecular weight excluding hydrogens is 345 g/mol. The molecule has 0 heterocycles. The number of halogens is 3. The first kappa shape index (κ1) is 23.6. The third-order valence-corrected chi connectivity index (χ3v) is 3.37. The lowest BCUT2D eigenvalue weighted by molar-refractivity contribution is -0.116. The van der Waals surface area contributed by atoms with Crippen molar-refractivity contribution in [3.8, 4) is 0 Å². The van der Waals surface area contributed by atoms with E-state index in [1.54, 1.807) is 0 Å². The topological polar surface area (TPSA) is 58.4 Å². The van der Waals surface area contributed by atoms with E-state index >= 15 is 0 Å². The number of carbonyl (C=O) groups is 1. The summed E-state index contributed by atoms with van der Waals surface area (Å²) in [5.74, 6) is 0.0307. The van der Waals surface area contributed by atoms with Crippen molar-refractivity contribution in [2.24, 2.45) is 5.73 Å². The second-order valence-electron chi connectivity index (χ2n) is 5.03. The predicted molar refractivity (Wildman–Crippen MR) is 101 cm³/mol. The van der Waals surface area contributed by atoms with Crippen molar-refractivity contribution in [2.75, 3.05) is 30.9 Å². The number of carbonyl (C=O) groups excluding carboxylic acids is 1. The molecule has 0 fully saturated rings. The maximum absolute atomic E-state index is 11.9.